The van der Waals surface area contributed by atoms with Crippen molar-refractivity contribution < 1.29 is 23.6 Å². The van der Waals surface area contributed by atoms with Crippen LogP contribution in [-0.4, -0.2) is 48.9 Å². The van der Waals surface area contributed by atoms with Crippen LogP contribution >= 0.6 is 0 Å². The number of amides is 1. The first-order valence-electron chi connectivity index (χ1n) is 13.0. The number of hydrogen-bond donors (Lipinski definition) is 0. The normalized spacial score (nSPS) is 26.3. The second-order valence-electron chi connectivity index (χ2n) is 10.7. The van der Waals surface area contributed by atoms with Crippen molar-refractivity contribution in [3.63, 3.8) is 0 Å². The fourth-order valence-corrected chi connectivity index (χ4v) is 6.16. The van der Waals surface area contributed by atoms with Gasteiger partial charge in [-0.2, -0.15) is 4.98 Å². The summed E-state index contributed by atoms with van der Waals surface area (Å²) in [6.07, 6.45) is 10.8. The first-order valence-corrected chi connectivity index (χ1v) is 13.0. The summed E-state index contributed by atoms with van der Waals surface area (Å²) < 4.78 is 15.9. The van der Waals surface area contributed by atoms with E-state index in [1.165, 1.54) is 13.2 Å². The highest BCUT2D eigenvalue weighted by molar-refractivity contribution is 5.95. The highest BCUT2D eigenvalue weighted by Gasteiger charge is 2.53. The van der Waals surface area contributed by atoms with Gasteiger partial charge >= 0.3 is 5.97 Å². The molecule has 0 atom stereocenters. The Morgan fingerprint density at radius 1 is 1.14 bits per heavy atom. The van der Waals surface area contributed by atoms with E-state index in [0.717, 1.165) is 68.5 Å². The molecule has 3 saturated carbocycles. The van der Waals surface area contributed by atoms with Gasteiger partial charge < -0.3 is 18.9 Å². The maximum absolute atomic E-state index is 13.9. The second-order valence-corrected chi connectivity index (χ2v) is 10.7. The Kier molecular flexibility index (Phi) is 6.97. The zero-order valence-electron chi connectivity index (χ0n) is 21.2. The van der Waals surface area contributed by atoms with Gasteiger partial charge in [-0.1, -0.05) is 17.3 Å². The first-order chi connectivity index (χ1) is 17.4. The summed E-state index contributed by atoms with van der Waals surface area (Å²) in [6.45, 7) is 3.83. The number of rotatable bonds is 7. The third-order valence-electron chi connectivity index (χ3n) is 8.51. The van der Waals surface area contributed by atoms with Gasteiger partial charge in [0.15, 0.2) is 5.82 Å². The maximum Gasteiger partial charge on any atom is 0.330 e. The van der Waals surface area contributed by atoms with Crippen molar-refractivity contribution in [1.29, 1.82) is 0 Å². The molecule has 8 heteroatoms. The number of fused-ring (bicyclic) bond motifs is 3. The summed E-state index contributed by atoms with van der Waals surface area (Å²) >= 11 is 0. The molecule has 6 rings (SSSR count). The summed E-state index contributed by atoms with van der Waals surface area (Å²) in [7, 11) is 1.36. The van der Waals surface area contributed by atoms with Crippen LogP contribution in [0, 0.1) is 18.3 Å². The minimum absolute atomic E-state index is 0.0167. The van der Waals surface area contributed by atoms with E-state index in [2.05, 4.69) is 10.1 Å². The van der Waals surface area contributed by atoms with Crippen molar-refractivity contribution in [2.45, 2.75) is 63.7 Å². The lowest BCUT2D eigenvalue weighted by Gasteiger charge is -2.53. The van der Waals surface area contributed by atoms with Crippen molar-refractivity contribution in [1.82, 2.24) is 10.1 Å². The molecule has 1 saturated heterocycles. The molecule has 1 aromatic carbocycles. The molecule has 3 aliphatic carbocycles. The lowest BCUT2D eigenvalue weighted by atomic mass is 9.53. The Morgan fingerprint density at radius 3 is 2.50 bits per heavy atom. The summed E-state index contributed by atoms with van der Waals surface area (Å²) in [4.78, 5) is 32.1. The SMILES string of the molecule is COC(=O)/C=C/c1cccc(N(CC23CCC(c4nc(C)no4)(CC2)CC3)C(=O)C2CCOCC2)c1. The number of aromatic nitrogens is 2. The fraction of sp³-hybridized carbons (Fsp3) is 0.571. The van der Waals surface area contributed by atoms with Crippen molar-refractivity contribution in [3.05, 3.63) is 47.6 Å². The van der Waals surface area contributed by atoms with E-state index in [-0.39, 0.29) is 22.7 Å². The molecule has 2 bridgehead atoms. The van der Waals surface area contributed by atoms with Crippen LogP contribution in [-0.2, 0) is 24.5 Å². The van der Waals surface area contributed by atoms with E-state index in [9.17, 15) is 9.59 Å². The number of aryl methyl sites for hydroxylation is 1. The van der Waals surface area contributed by atoms with Crippen LogP contribution in [0.3, 0.4) is 0 Å². The Balaban J connectivity index is 1.39. The Labute approximate surface area is 212 Å². The van der Waals surface area contributed by atoms with E-state index >= 15 is 0 Å². The summed E-state index contributed by atoms with van der Waals surface area (Å²) in [5, 5.41) is 4.04. The minimum atomic E-state index is -0.404. The second kappa shape index (κ2) is 10.2. The van der Waals surface area contributed by atoms with Crippen LogP contribution in [0.25, 0.3) is 6.08 Å². The zero-order valence-corrected chi connectivity index (χ0v) is 21.2. The number of methoxy groups -OCH3 is 1. The minimum Gasteiger partial charge on any atom is -0.466 e. The molecule has 0 N–H and O–H groups in total. The van der Waals surface area contributed by atoms with Crippen LogP contribution in [0.4, 0.5) is 5.69 Å². The smallest absolute Gasteiger partial charge is 0.330 e. The molecule has 1 amide bonds. The largest absolute Gasteiger partial charge is 0.466 e. The van der Waals surface area contributed by atoms with Crippen molar-refractivity contribution in [2.75, 3.05) is 31.8 Å². The van der Waals surface area contributed by atoms with Crippen molar-refractivity contribution >= 4 is 23.6 Å². The third kappa shape index (κ3) is 4.96. The van der Waals surface area contributed by atoms with Gasteiger partial charge in [-0.05, 0) is 87.5 Å². The Bertz CT molecular complexity index is 1110. The van der Waals surface area contributed by atoms with Crippen LogP contribution in [0.2, 0.25) is 0 Å². The van der Waals surface area contributed by atoms with E-state index in [1.54, 1.807) is 6.08 Å². The predicted molar refractivity (Wildman–Crippen MR) is 134 cm³/mol. The van der Waals surface area contributed by atoms with Crippen molar-refractivity contribution in [2.24, 2.45) is 11.3 Å². The van der Waals surface area contributed by atoms with Gasteiger partial charge in [0.2, 0.25) is 11.8 Å². The fourth-order valence-electron chi connectivity index (χ4n) is 6.16. The topological polar surface area (TPSA) is 94.8 Å². The molecule has 0 spiro atoms. The van der Waals surface area contributed by atoms with Crippen molar-refractivity contribution in [3.8, 4) is 0 Å². The summed E-state index contributed by atoms with van der Waals surface area (Å²) in [6, 6.07) is 7.87. The molecule has 192 valence electrons. The molecule has 2 heterocycles. The number of carbonyl (C=O) groups is 2. The van der Waals surface area contributed by atoms with E-state index in [4.69, 9.17) is 14.0 Å². The molecular formula is C28H35N3O5. The summed E-state index contributed by atoms with van der Waals surface area (Å²) in [5.74, 6) is 1.22. The third-order valence-corrected chi connectivity index (χ3v) is 8.51. The lowest BCUT2D eigenvalue weighted by Crippen LogP contribution is -2.52. The Hall–Kier alpha value is -3.00. The average molecular weight is 494 g/mol. The van der Waals surface area contributed by atoms with E-state index in [1.807, 2.05) is 36.1 Å². The van der Waals surface area contributed by atoms with E-state index < -0.39 is 5.97 Å². The molecule has 4 fully saturated rings. The number of carbonyl (C=O) groups excluding carboxylic acids is 2. The monoisotopic (exact) mass is 493 g/mol. The van der Waals surface area contributed by atoms with Crippen LogP contribution < -0.4 is 4.90 Å². The molecule has 1 aliphatic heterocycles. The Morgan fingerprint density at radius 2 is 1.86 bits per heavy atom. The number of benzene rings is 1. The first kappa shape index (κ1) is 24.7. The molecule has 2 aromatic rings. The molecule has 0 radical (unpaired) electrons. The standard InChI is InChI=1S/C28H35N3O5/c1-20-29-26(36-30-20)28-13-10-27(11-14-28,12-15-28)19-31(25(33)22-8-16-35-17-9-22)23-5-3-4-21(18-23)6-7-24(32)34-2/h3-7,18,22H,8-17,19H2,1-2H3/b7-6+. The van der Waals surface area contributed by atoms with Crippen LogP contribution in [0.5, 0.6) is 0 Å². The highest BCUT2D eigenvalue weighted by atomic mass is 16.5. The molecule has 36 heavy (non-hydrogen) atoms. The number of anilines is 1. The molecule has 0 unspecified atom stereocenters. The quantitative estimate of drug-likeness (QED) is 0.410. The molecule has 4 aliphatic rings. The van der Waals surface area contributed by atoms with Gasteiger partial charge in [0, 0.05) is 42.9 Å². The molecule has 1 aromatic heterocycles. The number of hydrogen-bond acceptors (Lipinski definition) is 7. The van der Waals surface area contributed by atoms with E-state index in [0.29, 0.717) is 25.6 Å². The van der Waals surface area contributed by atoms with Gasteiger partial charge in [-0.25, -0.2) is 4.79 Å². The van der Waals surface area contributed by atoms with Crippen LogP contribution in [0.15, 0.2) is 34.9 Å². The number of nitrogens with zero attached hydrogens (tertiary/aromatic N) is 3. The van der Waals surface area contributed by atoms with Gasteiger partial charge in [-0.3, -0.25) is 4.79 Å². The van der Waals surface area contributed by atoms with Gasteiger partial charge in [0.1, 0.15) is 0 Å². The zero-order chi connectivity index (χ0) is 25.2. The van der Waals surface area contributed by atoms with Gasteiger partial charge in [0.05, 0.1) is 7.11 Å². The molecule has 8 nitrogen and oxygen atoms in total. The highest BCUT2D eigenvalue weighted by Crippen LogP contribution is 2.58. The van der Waals surface area contributed by atoms with Gasteiger partial charge in [0.25, 0.3) is 0 Å². The molecular weight excluding hydrogens is 458 g/mol. The number of esters is 1. The van der Waals surface area contributed by atoms with Gasteiger partial charge in [-0.15, -0.1) is 0 Å². The number of ether oxygens (including phenoxy) is 2. The predicted octanol–water partition coefficient (Wildman–Crippen LogP) is 4.62. The lowest BCUT2D eigenvalue weighted by molar-refractivity contribution is -0.134. The van der Waals surface area contributed by atoms with Crippen LogP contribution in [0.1, 0.15) is 68.6 Å². The summed E-state index contributed by atoms with van der Waals surface area (Å²) in [5.41, 5.74) is 1.80. The average Bonchev–Trinajstić information content (AvgIpc) is 3.39. The maximum atomic E-state index is 13.9.